The number of carbonyl (C=O) groups excluding carboxylic acids is 1. The first-order valence-electron chi connectivity index (χ1n) is 10.2. The normalized spacial score (nSPS) is 14.9. The van der Waals surface area contributed by atoms with Gasteiger partial charge < -0.3 is 20.0 Å². The van der Waals surface area contributed by atoms with Gasteiger partial charge in [0, 0.05) is 42.1 Å². The van der Waals surface area contributed by atoms with Gasteiger partial charge in [-0.15, -0.1) is 0 Å². The van der Waals surface area contributed by atoms with Crippen molar-refractivity contribution in [3.8, 4) is 11.1 Å². The van der Waals surface area contributed by atoms with E-state index in [2.05, 4.69) is 20.6 Å². The minimum Gasteiger partial charge on any atom is -0.472 e. The van der Waals surface area contributed by atoms with Crippen LogP contribution in [0.4, 0.5) is 30.6 Å². The van der Waals surface area contributed by atoms with Crippen LogP contribution < -0.4 is 10.6 Å². The average Bonchev–Trinajstić information content (AvgIpc) is 3.28. The number of aromatic nitrogens is 2. The molecule has 3 heterocycles. The predicted molar refractivity (Wildman–Crippen MR) is 113 cm³/mol. The molecule has 4 rings (SSSR count). The Morgan fingerprint density at radius 2 is 2.00 bits per heavy atom. The van der Waals surface area contributed by atoms with Gasteiger partial charge in [0.05, 0.1) is 12.5 Å². The van der Waals surface area contributed by atoms with Crippen molar-refractivity contribution in [3.05, 3.63) is 54.6 Å². The highest BCUT2D eigenvalue weighted by Gasteiger charge is 2.43. The van der Waals surface area contributed by atoms with E-state index < -0.39 is 12.1 Å². The molecule has 32 heavy (non-hydrogen) atoms. The first-order chi connectivity index (χ1) is 15.3. The Kier molecular flexibility index (Phi) is 6.02. The van der Waals surface area contributed by atoms with Crippen molar-refractivity contribution in [2.45, 2.75) is 32.0 Å². The van der Waals surface area contributed by atoms with Crippen LogP contribution in [0.5, 0.6) is 0 Å². The lowest BCUT2D eigenvalue weighted by molar-refractivity contribution is -0.186. The Balaban J connectivity index is 1.52. The van der Waals surface area contributed by atoms with E-state index in [1.165, 1.54) is 0 Å². The highest BCUT2D eigenvalue weighted by molar-refractivity contribution is 5.82. The largest absolute Gasteiger partial charge is 0.472 e. The van der Waals surface area contributed by atoms with Crippen molar-refractivity contribution in [1.82, 2.24) is 14.9 Å². The zero-order valence-electron chi connectivity index (χ0n) is 17.3. The lowest BCUT2D eigenvalue weighted by Gasteiger charge is -2.33. The van der Waals surface area contributed by atoms with Gasteiger partial charge in [-0.3, -0.25) is 4.79 Å². The van der Waals surface area contributed by atoms with Gasteiger partial charge in [-0.1, -0.05) is 12.1 Å². The number of carbonyl (C=O) groups is 1. The molecule has 0 unspecified atom stereocenters. The number of nitrogens with zero attached hydrogens (tertiary/aromatic N) is 3. The van der Waals surface area contributed by atoms with Crippen LogP contribution in [0.25, 0.3) is 11.1 Å². The molecular weight excluding hydrogens is 423 g/mol. The van der Waals surface area contributed by atoms with E-state index in [4.69, 9.17) is 4.42 Å². The molecule has 10 heteroatoms. The fourth-order valence-electron chi connectivity index (χ4n) is 3.63. The van der Waals surface area contributed by atoms with Gasteiger partial charge >= 0.3 is 12.1 Å². The first-order valence-corrected chi connectivity index (χ1v) is 10.2. The van der Waals surface area contributed by atoms with E-state index in [1.807, 2.05) is 31.2 Å². The van der Waals surface area contributed by atoms with Gasteiger partial charge in [0.15, 0.2) is 0 Å². The minimum absolute atomic E-state index is 0.0243. The van der Waals surface area contributed by atoms with Crippen LogP contribution in [0.15, 0.2) is 53.5 Å². The smallest absolute Gasteiger partial charge is 0.471 e. The molecule has 168 valence electrons. The fourth-order valence-corrected chi connectivity index (χ4v) is 3.63. The molecule has 1 amide bonds. The molecule has 3 aromatic rings. The Hall–Kier alpha value is -3.56. The molecular formula is C22H22F3N5O2. The number of hydrogen-bond donors (Lipinski definition) is 2. The molecule has 1 saturated heterocycles. The SMILES string of the molecule is Cc1cccc(Nc2ncc(-c3ccoc3)c(NC3CCN(C(=O)C(F)(F)F)CC3)n2)c1. The number of aryl methyl sites for hydroxylation is 1. The second-order valence-corrected chi connectivity index (χ2v) is 7.67. The van der Waals surface area contributed by atoms with Crippen molar-refractivity contribution in [2.75, 3.05) is 23.7 Å². The quantitative estimate of drug-likeness (QED) is 0.590. The second-order valence-electron chi connectivity index (χ2n) is 7.67. The van der Waals surface area contributed by atoms with Crippen LogP contribution in [0, 0.1) is 6.92 Å². The van der Waals surface area contributed by atoms with Crippen LogP contribution in [0.2, 0.25) is 0 Å². The maximum absolute atomic E-state index is 12.7. The van der Waals surface area contributed by atoms with Gasteiger partial charge in [-0.25, -0.2) is 4.98 Å². The molecule has 0 saturated carbocycles. The van der Waals surface area contributed by atoms with E-state index in [1.54, 1.807) is 24.8 Å². The maximum Gasteiger partial charge on any atom is 0.471 e. The third kappa shape index (κ3) is 5.01. The minimum atomic E-state index is -4.85. The fraction of sp³-hybridized carbons (Fsp3) is 0.318. The van der Waals surface area contributed by atoms with E-state index in [0.717, 1.165) is 21.7 Å². The predicted octanol–water partition coefficient (Wildman–Crippen LogP) is 4.75. The van der Waals surface area contributed by atoms with Crippen LogP contribution in [0.1, 0.15) is 18.4 Å². The van der Waals surface area contributed by atoms with Crippen molar-refractivity contribution >= 4 is 23.4 Å². The summed E-state index contributed by atoms with van der Waals surface area (Å²) in [6, 6.07) is 9.42. The molecule has 0 bridgehead atoms. The molecule has 0 aliphatic carbocycles. The Bertz CT molecular complexity index is 1080. The van der Waals surface area contributed by atoms with Crippen LogP contribution in [-0.2, 0) is 4.79 Å². The van der Waals surface area contributed by atoms with Gasteiger partial charge in [0.25, 0.3) is 0 Å². The van der Waals surface area contributed by atoms with Gasteiger partial charge in [-0.05, 0) is 43.5 Å². The molecule has 2 N–H and O–H groups in total. The van der Waals surface area contributed by atoms with Crippen molar-refractivity contribution in [3.63, 3.8) is 0 Å². The monoisotopic (exact) mass is 445 g/mol. The number of alkyl halides is 3. The molecule has 0 atom stereocenters. The zero-order valence-corrected chi connectivity index (χ0v) is 17.3. The summed E-state index contributed by atoms with van der Waals surface area (Å²) in [6.45, 7) is 2.03. The summed E-state index contributed by atoms with van der Waals surface area (Å²) in [5.41, 5.74) is 3.41. The summed E-state index contributed by atoms with van der Waals surface area (Å²) in [5.74, 6) is -0.867. The Morgan fingerprint density at radius 3 is 2.66 bits per heavy atom. The third-order valence-electron chi connectivity index (χ3n) is 5.26. The summed E-state index contributed by atoms with van der Waals surface area (Å²) >= 11 is 0. The second kappa shape index (κ2) is 8.89. The summed E-state index contributed by atoms with van der Waals surface area (Å²) in [6.07, 6.45) is 0.675. The number of hydrogen-bond acceptors (Lipinski definition) is 6. The number of anilines is 3. The van der Waals surface area contributed by atoms with Crippen molar-refractivity contribution in [1.29, 1.82) is 0 Å². The summed E-state index contributed by atoms with van der Waals surface area (Å²) in [4.78, 5) is 21.3. The molecule has 1 aliphatic heterocycles. The van der Waals surface area contributed by atoms with E-state index in [0.29, 0.717) is 30.2 Å². The Morgan fingerprint density at radius 1 is 1.22 bits per heavy atom. The van der Waals surface area contributed by atoms with Crippen LogP contribution in [0.3, 0.4) is 0 Å². The number of nitrogens with one attached hydrogen (secondary N) is 2. The van der Waals surface area contributed by atoms with Gasteiger partial charge in [-0.2, -0.15) is 18.2 Å². The van der Waals surface area contributed by atoms with Crippen molar-refractivity contribution < 1.29 is 22.4 Å². The van der Waals surface area contributed by atoms with E-state index in [-0.39, 0.29) is 19.1 Å². The molecule has 2 aromatic heterocycles. The third-order valence-corrected chi connectivity index (χ3v) is 5.26. The number of furan rings is 1. The number of piperidine rings is 1. The number of benzene rings is 1. The summed E-state index contributed by atoms with van der Waals surface area (Å²) in [5, 5.41) is 6.49. The van der Waals surface area contributed by atoms with E-state index in [9.17, 15) is 18.0 Å². The zero-order chi connectivity index (χ0) is 22.7. The molecule has 1 aromatic carbocycles. The Labute approximate surface area is 182 Å². The van der Waals surface area contributed by atoms with Crippen molar-refractivity contribution in [2.24, 2.45) is 0 Å². The molecule has 7 nitrogen and oxygen atoms in total. The lowest BCUT2D eigenvalue weighted by Crippen LogP contribution is -2.47. The average molecular weight is 445 g/mol. The highest BCUT2D eigenvalue weighted by Crippen LogP contribution is 2.30. The number of halogens is 3. The highest BCUT2D eigenvalue weighted by atomic mass is 19.4. The molecule has 0 spiro atoms. The number of amides is 1. The topological polar surface area (TPSA) is 83.3 Å². The maximum atomic E-state index is 12.7. The standard InChI is InChI=1S/C22H22F3N5O2/c1-14-3-2-4-17(11-14)28-21-26-12-18(15-7-10-32-13-15)19(29-21)27-16-5-8-30(9-6-16)20(31)22(23,24)25/h2-4,7,10-13,16H,5-6,8-9H2,1H3,(H2,26,27,28,29). The van der Waals surface area contributed by atoms with Gasteiger partial charge in [0.2, 0.25) is 5.95 Å². The molecule has 1 aliphatic rings. The summed E-state index contributed by atoms with van der Waals surface area (Å²) < 4.78 is 43.3. The lowest BCUT2D eigenvalue weighted by atomic mass is 10.0. The van der Waals surface area contributed by atoms with Crippen LogP contribution >= 0.6 is 0 Å². The van der Waals surface area contributed by atoms with Gasteiger partial charge in [0.1, 0.15) is 5.82 Å². The first kappa shape index (κ1) is 21.7. The molecule has 1 fully saturated rings. The number of rotatable bonds is 5. The van der Waals surface area contributed by atoms with E-state index >= 15 is 0 Å². The number of likely N-dealkylation sites (tertiary alicyclic amines) is 1. The molecule has 0 radical (unpaired) electrons. The summed E-state index contributed by atoms with van der Waals surface area (Å²) in [7, 11) is 0. The van der Waals surface area contributed by atoms with Crippen LogP contribution in [-0.4, -0.2) is 46.1 Å².